The van der Waals surface area contributed by atoms with Crippen molar-refractivity contribution in [2.45, 2.75) is 44.0 Å². The van der Waals surface area contributed by atoms with E-state index in [0.717, 1.165) is 11.3 Å². The number of hydrazine groups is 1. The minimum absolute atomic E-state index is 0.000422. The molecular weight excluding hydrogens is 392 g/mol. The fourth-order valence-electron chi connectivity index (χ4n) is 3.22. The van der Waals surface area contributed by atoms with Crippen LogP contribution in [0.1, 0.15) is 43.5 Å². The number of hydrogen-bond donors (Lipinski definition) is 3. The zero-order valence-electron chi connectivity index (χ0n) is 17.0. The summed E-state index contributed by atoms with van der Waals surface area (Å²) in [5.41, 5.74) is 5.98. The molecule has 0 aliphatic heterocycles. The summed E-state index contributed by atoms with van der Waals surface area (Å²) in [6.45, 7) is 4.51. The summed E-state index contributed by atoms with van der Waals surface area (Å²) in [4.78, 5) is 26.7. The van der Waals surface area contributed by atoms with E-state index in [1.807, 2.05) is 12.1 Å². The third-order valence-electron chi connectivity index (χ3n) is 5.29. The molecule has 3 N–H and O–H groups in total. The van der Waals surface area contributed by atoms with E-state index in [1.165, 1.54) is 29.5 Å². The fourth-order valence-corrected chi connectivity index (χ4v) is 4.45. The molecule has 6 nitrogen and oxygen atoms in total. The van der Waals surface area contributed by atoms with Crippen LogP contribution in [0.3, 0.4) is 0 Å². The van der Waals surface area contributed by atoms with Gasteiger partial charge >= 0.3 is 0 Å². The van der Waals surface area contributed by atoms with Crippen molar-refractivity contribution < 1.29 is 9.59 Å². The van der Waals surface area contributed by atoms with E-state index in [4.69, 9.17) is 12.2 Å². The number of amides is 2. The van der Waals surface area contributed by atoms with Gasteiger partial charge in [-0.3, -0.25) is 20.4 Å². The van der Waals surface area contributed by atoms with Crippen molar-refractivity contribution >= 4 is 40.9 Å². The van der Waals surface area contributed by atoms with Crippen LogP contribution in [0.4, 0.5) is 0 Å². The predicted octanol–water partition coefficient (Wildman–Crippen LogP) is 2.80. The number of carbonyl (C=O) groups excluding carboxylic acids is 2. The minimum Gasteiger partial charge on any atom is -0.358 e. The van der Waals surface area contributed by atoms with Gasteiger partial charge in [-0.2, -0.15) is 0 Å². The molecule has 154 valence electrons. The minimum atomic E-state index is -0.283. The van der Waals surface area contributed by atoms with Gasteiger partial charge < -0.3 is 10.2 Å². The SMILES string of the molecule is C[C@@H]1[C@@H](C)CCC[C@H]1NC(=S)NNC(=O)c1ccccc1SCC(=O)N(C)C. The Morgan fingerprint density at radius 2 is 1.89 bits per heavy atom. The molecule has 0 spiro atoms. The topological polar surface area (TPSA) is 73.5 Å². The number of thiocarbonyl (C=S) groups is 1. The largest absolute Gasteiger partial charge is 0.358 e. The highest BCUT2D eigenvalue weighted by Gasteiger charge is 2.27. The smallest absolute Gasteiger partial charge is 0.270 e. The molecule has 1 fully saturated rings. The number of carbonyl (C=O) groups is 2. The van der Waals surface area contributed by atoms with Crippen LogP contribution in [0.2, 0.25) is 0 Å². The first kappa shape index (κ1) is 22.5. The van der Waals surface area contributed by atoms with Gasteiger partial charge in [0.1, 0.15) is 0 Å². The van der Waals surface area contributed by atoms with Crippen molar-refractivity contribution in [2.24, 2.45) is 11.8 Å². The Morgan fingerprint density at radius 1 is 1.18 bits per heavy atom. The van der Waals surface area contributed by atoms with Gasteiger partial charge in [-0.25, -0.2) is 0 Å². The van der Waals surface area contributed by atoms with Crippen molar-refractivity contribution in [3.63, 3.8) is 0 Å². The highest BCUT2D eigenvalue weighted by atomic mass is 32.2. The van der Waals surface area contributed by atoms with E-state index < -0.39 is 0 Å². The van der Waals surface area contributed by atoms with Crippen LogP contribution in [0.25, 0.3) is 0 Å². The Hall–Kier alpha value is -1.80. The van der Waals surface area contributed by atoms with Crippen molar-refractivity contribution in [3.8, 4) is 0 Å². The molecular formula is C20H30N4O2S2. The quantitative estimate of drug-likeness (QED) is 0.385. The highest BCUT2D eigenvalue weighted by Crippen LogP contribution is 2.29. The van der Waals surface area contributed by atoms with E-state index >= 15 is 0 Å². The third-order valence-corrected chi connectivity index (χ3v) is 6.57. The number of thioether (sulfide) groups is 1. The van der Waals surface area contributed by atoms with Crippen LogP contribution < -0.4 is 16.2 Å². The lowest BCUT2D eigenvalue weighted by Gasteiger charge is -2.35. The van der Waals surface area contributed by atoms with Crippen molar-refractivity contribution in [2.75, 3.05) is 19.8 Å². The molecule has 2 rings (SSSR count). The van der Waals surface area contributed by atoms with Gasteiger partial charge in [-0.1, -0.05) is 38.8 Å². The molecule has 2 amide bonds. The molecule has 1 aliphatic carbocycles. The van der Waals surface area contributed by atoms with Crippen LogP contribution in [0.15, 0.2) is 29.2 Å². The average Bonchev–Trinajstić information content (AvgIpc) is 2.68. The Bertz CT molecular complexity index is 711. The van der Waals surface area contributed by atoms with Crippen LogP contribution >= 0.6 is 24.0 Å². The van der Waals surface area contributed by atoms with Gasteiger partial charge in [0.25, 0.3) is 5.91 Å². The van der Waals surface area contributed by atoms with E-state index in [2.05, 4.69) is 30.0 Å². The Balaban J connectivity index is 1.89. The van der Waals surface area contributed by atoms with Gasteiger partial charge in [0.05, 0.1) is 11.3 Å². The lowest BCUT2D eigenvalue weighted by molar-refractivity contribution is -0.125. The maximum Gasteiger partial charge on any atom is 0.270 e. The van der Waals surface area contributed by atoms with E-state index in [0.29, 0.717) is 28.6 Å². The second-order valence-corrected chi connectivity index (χ2v) is 8.92. The zero-order chi connectivity index (χ0) is 20.7. The molecule has 1 aliphatic rings. The molecule has 0 unspecified atom stereocenters. The predicted molar refractivity (Wildman–Crippen MR) is 118 cm³/mol. The average molecular weight is 423 g/mol. The summed E-state index contributed by atoms with van der Waals surface area (Å²) in [7, 11) is 3.43. The van der Waals surface area contributed by atoms with Crippen LogP contribution in [-0.4, -0.2) is 47.7 Å². The zero-order valence-corrected chi connectivity index (χ0v) is 18.6. The maximum atomic E-state index is 12.6. The summed E-state index contributed by atoms with van der Waals surface area (Å²) in [6.07, 6.45) is 3.52. The number of benzene rings is 1. The molecule has 0 aromatic heterocycles. The summed E-state index contributed by atoms with van der Waals surface area (Å²) >= 11 is 6.70. The number of rotatable bonds is 5. The second-order valence-electron chi connectivity index (χ2n) is 7.50. The van der Waals surface area contributed by atoms with E-state index in [9.17, 15) is 9.59 Å². The first-order valence-corrected chi connectivity index (χ1v) is 11.0. The standard InChI is InChI=1S/C20H30N4O2S2/c1-13-8-7-10-16(14(13)2)21-20(27)23-22-19(26)15-9-5-6-11-17(15)28-12-18(25)24(3)4/h5-6,9,11,13-14,16H,7-8,10,12H2,1-4H3,(H,22,26)(H2,21,23,27)/t13-,14+,16+/m0/s1. The highest BCUT2D eigenvalue weighted by molar-refractivity contribution is 8.00. The van der Waals surface area contributed by atoms with E-state index in [1.54, 1.807) is 26.2 Å². The Kier molecular flexibility index (Phi) is 8.57. The van der Waals surface area contributed by atoms with E-state index in [-0.39, 0.29) is 17.6 Å². The molecule has 1 saturated carbocycles. The Morgan fingerprint density at radius 3 is 2.61 bits per heavy atom. The molecule has 0 heterocycles. The number of nitrogens with zero attached hydrogens (tertiary/aromatic N) is 1. The first-order chi connectivity index (χ1) is 13.3. The monoisotopic (exact) mass is 422 g/mol. The van der Waals surface area contributed by atoms with Crippen LogP contribution in [0.5, 0.6) is 0 Å². The fraction of sp³-hybridized carbons (Fsp3) is 0.550. The molecule has 8 heteroatoms. The van der Waals surface area contributed by atoms with Crippen molar-refractivity contribution in [3.05, 3.63) is 29.8 Å². The molecule has 1 aromatic carbocycles. The molecule has 0 bridgehead atoms. The van der Waals surface area contributed by atoms with Gasteiger partial charge in [-0.15, -0.1) is 11.8 Å². The van der Waals surface area contributed by atoms with Crippen LogP contribution in [0, 0.1) is 11.8 Å². The lowest BCUT2D eigenvalue weighted by atomic mass is 9.78. The van der Waals surface area contributed by atoms with Crippen LogP contribution in [-0.2, 0) is 4.79 Å². The first-order valence-electron chi connectivity index (χ1n) is 9.58. The summed E-state index contributed by atoms with van der Waals surface area (Å²) in [5, 5.41) is 3.75. The van der Waals surface area contributed by atoms with Crippen molar-refractivity contribution in [1.29, 1.82) is 0 Å². The molecule has 0 radical (unpaired) electrons. The molecule has 3 atom stereocenters. The summed E-state index contributed by atoms with van der Waals surface area (Å²) in [6, 6.07) is 7.55. The van der Waals surface area contributed by atoms with Gasteiger partial charge in [-0.05, 0) is 42.6 Å². The lowest BCUT2D eigenvalue weighted by Crippen LogP contribution is -2.52. The summed E-state index contributed by atoms with van der Waals surface area (Å²) < 4.78 is 0. The third kappa shape index (κ3) is 6.38. The molecule has 0 saturated heterocycles. The number of nitrogens with one attached hydrogen (secondary N) is 3. The maximum absolute atomic E-state index is 12.6. The van der Waals surface area contributed by atoms with Gasteiger partial charge in [0, 0.05) is 25.0 Å². The van der Waals surface area contributed by atoms with Crippen molar-refractivity contribution in [1.82, 2.24) is 21.1 Å². The molecule has 28 heavy (non-hydrogen) atoms. The molecule has 1 aromatic rings. The van der Waals surface area contributed by atoms with Gasteiger partial charge in [0.2, 0.25) is 5.91 Å². The number of hydrogen-bond acceptors (Lipinski definition) is 4. The normalized spacial score (nSPS) is 21.5. The Labute approximate surface area is 177 Å². The summed E-state index contributed by atoms with van der Waals surface area (Å²) in [5.74, 6) is 1.20. The van der Waals surface area contributed by atoms with Gasteiger partial charge in [0.15, 0.2) is 5.11 Å². The second kappa shape index (κ2) is 10.7.